The predicted molar refractivity (Wildman–Crippen MR) is 97.8 cm³/mol. The van der Waals surface area contributed by atoms with Gasteiger partial charge in [-0.05, 0) is 30.0 Å². The van der Waals surface area contributed by atoms with Gasteiger partial charge >= 0.3 is 5.97 Å². The molecule has 2 amide bonds. The van der Waals surface area contributed by atoms with E-state index in [1.54, 1.807) is 12.1 Å². The Morgan fingerprint density at radius 3 is 2.07 bits per heavy atom. The molecule has 1 aromatic rings. The number of aromatic hydroxyl groups is 1. The van der Waals surface area contributed by atoms with Crippen LogP contribution >= 0.6 is 0 Å². The van der Waals surface area contributed by atoms with Crippen LogP contribution in [-0.2, 0) is 20.8 Å². The summed E-state index contributed by atoms with van der Waals surface area (Å²) in [6.45, 7) is 3.13. The van der Waals surface area contributed by atoms with Gasteiger partial charge in [-0.15, -0.1) is 0 Å². The fraction of sp³-hybridized carbons (Fsp3) is 0.500. The highest BCUT2D eigenvalue weighted by atomic mass is 16.4. The van der Waals surface area contributed by atoms with E-state index in [4.69, 9.17) is 10.8 Å². The highest BCUT2D eigenvalue weighted by Gasteiger charge is 2.28. The van der Waals surface area contributed by atoms with Crippen LogP contribution < -0.4 is 16.4 Å². The first-order valence-corrected chi connectivity index (χ1v) is 8.62. The van der Waals surface area contributed by atoms with Crippen LogP contribution in [0.15, 0.2) is 24.3 Å². The van der Waals surface area contributed by atoms with Crippen LogP contribution in [0.4, 0.5) is 0 Å². The van der Waals surface area contributed by atoms with Crippen molar-refractivity contribution in [3.63, 3.8) is 0 Å². The zero-order valence-electron chi connectivity index (χ0n) is 15.4. The topological polar surface area (TPSA) is 162 Å². The average Bonchev–Trinajstić information content (AvgIpc) is 2.60. The largest absolute Gasteiger partial charge is 0.508 e. The van der Waals surface area contributed by atoms with Crippen LogP contribution in [0.1, 0.15) is 25.8 Å². The second-order valence-corrected chi connectivity index (χ2v) is 6.75. The first-order chi connectivity index (χ1) is 12.6. The number of nitrogens with one attached hydrogen (secondary N) is 2. The van der Waals surface area contributed by atoms with Crippen LogP contribution in [0, 0.1) is 5.92 Å². The summed E-state index contributed by atoms with van der Waals surface area (Å²) in [5.41, 5.74) is 6.07. The lowest BCUT2D eigenvalue weighted by molar-refractivity contribution is -0.142. The number of aliphatic hydroxyl groups is 1. The molecule has 3 atom stereocenters. The number of rotatable bonds is 10. The molecule has 0 aliphatic heterocycles. The standard InChI is InChI=1S/C18H27N3O6/c1-10(2)7-14(20-16(24)13(19)9-22)17(25)21-15(18(26)27)8-11-3-5-12(23)6-4-11/h3-6,10,13-15,22-23H,7-9,19H2,1-2H3,(H,20,24)(H,21,25)(H,26,27)/t13-,14-,15-/m0/s1. The highest BCUT2D eigenvalue weighted by Crippen LogP contribution is 2.12. The maximum atomic E-state index is 12.6. The molecule has 7 N–H and O–H groups in total. The molecule has 0 heterocycles. The van der Waals surface area contributed by atoms with Crippen molar-refractivity contribution in [1.29, 1.82) is 0 Å². The Bertz CT molecular complexity index is 647. The van der Waals surface area contributed by atoms with Gasteiger partial charge in [-0.3, -0.25) is 9.59 Å². The third-order valence-corrected chi connectivity index (χ3v) is 3.86. The molecule has 9 heteroatoms. The highest BCUT2D eigenvalue weighted by molar-refractivity contribution is 5.91. The van der Waals surface area contributed by atoms with Crippen LogP contribution in [0.3, 0.4) is 0 Å². The Morgan fingerprint density at radius 2 is 1.59 bits per heavy atom. The SMILES string of the molecule is CC(C)C[C@H](NC(=O)[C@@H](N)CO)C(=O)N[C@@H](Cc1ccc(O)cc1)C(=O)O. The van der Waals surface area contributed by atoms with Crippen LogP contribution in [0.25, 0.3) is 0 Å². The lowest BCUT2D eigenvalue weighted by Crippen LogP contribution is -2.55. The van der Waals surface area contributed by atoms with E-state index in [9.17, 15) is 24.6 Å². The molecule has 1 rings (SSSR count). The van der Waals surface area contributed by atoms with Crippen molar-refractivity contribution in [3.8, 4) is 5.75 Å². The van der Waals surface area contributed by atoms with Gasteiger partial charge in [0.15, 0.2) is 0 Å². The minimum Gasteiger partial charge on any atom is -0.508 e. The van der Waals surface area contributed by atoms with Gasteiger partial charge in [0.1, 0.15) is 23.9 Å². The number of hydrogen-bond acceptors (Lipinski definition) is 6. The van der Waals surface area contributed by atoms with Crippen LogP contribution in [0.5, 0.6) is 5.75 Å². The number of benzene rings is 1. The summed E-state index contributed by atoms with van der Waals surface area (Å²) in [7, 11) is 0. The molecule has 0 aromatic heterocycles. The fourth-order valence-electron chi connectivity index (χ4n) is 2.40. The molecule has 0 spiro atoms. The molecule has 9 nitrogen and oxygen atoms in total. The van der Waals surface area contributed by atoms with Crippen molar-refractivity contribution < 1.29 is 29.7 Å². The summed E-state index contributed by atoms with van der Waals surface area (Å²) in [6, 6.07) is 2.62. The van der Waals surface area contributed by atoms with E-state index in [1.807, 2.05) is 13.8 Å². The van der Waals surface area contributed by atoms with Crippen molar-refractivity contribution >= 4 is 17.8 Å². The van der Waals surface area contributed by atoms with Gasteiger partial charge < -0.3 is 31.7 Å². The smallest absolute Gasteiger partial charge is 0.326 e. The van der Waals surface area contributed by atoms with Gasteiger partial charge in [0.25, 0.3) is 0 Å². The summed E-state index contributed by atoms with van der Waals surface area (Å²) < 4.78 is 0. The van der Waals surface area contributed by atoms with Gasteiger partial charge in [-0.2, -0.15) is 0 Å². The van der Waals surface area contributed by atoms with E-state index in [2.05, 4.69) is 10.6 Å². The second kappa shape index (κ2) is 10.5. The molecule has 0 unspecified atom stereocenters. The first kappa shape index (κ1) is 22.4. The lowest BCUT2D eigenvalue weighted by atomic mass is 10.0. The lowest BCUT2D eigenvalue weighted by Gasteiger charge is -2.23. The summed E-state index contributed by atoms with van der Waals surface area (Å²) in [5.74, 6) is -2.46. The molecular weight excluding hydrogens is 354 g/mol. The molecule has 0 saturated carbocycles. The Hall–Kier alpha value is -2.65. The van der Waals surface area contributed by atoms with E-state index in [1.165, 1.54) is 12.1 Å². The van der Waals surface area contributed by atoms with Crippen molar-refractivity contribution in [1.82, 2.24) is 10.6 Å². The quantitative estimate of drug-likeness (QED) is 0.314. The number of nitrogens with two attached hydrogens (primary N) is 1. The predicted octanol–water partition coefficient (Wildman–Crippen LogP) is -0.645. The second-order valence-electron chi connectivity index (χ2n) is 6.75. The normalized spacial score (nSPS) is 14.3. The molecular formula is C18H27N3O6. The zero-order chi connectivity index (χ0) is 20.6. The molecule has 0 radical (unpaired) electrons. The number of aliphatic hydroxyl groups excluding tert-OH is 1. The monoisotopic (exact) mass is 381 g/mol. The summed E-state index contributed by atoms with van der Waals surface area (Å²) in [5, 5.41) is 32.5. The molecule has 0 bridgehead atoms. The molecule has 150 valence electrons. The van der Waals surface area contributed by atoms with Crippen LogP contribution in [-0.4, -0.2) is 57.8 Å². The molecule has 0 fully saturated rings. The Kier molecular flexibility index (Phi) is 8.70. The number of hydrogen-bond donors (Lipinski definition) is 6. The fourth-order valence-corrected chi connectivity index (χ4v) is 2.40. The van der Waals surface area contributed by atoms with Crippen molar-refractivity contribution in [3.05, 3.63) is 29.8 Å². The van der Waals surface area contributed by atoms with Crippen molar-refractivity contribution in [2.24, 2.45) is 11.7 Å². The summed E-state index contributed by atoms with van der Waals surface area (Å²) in [4.78, 5) is 36.0. The molecule has 1 aromatic carbocycles. The third kappa shape index (κ3) is 7.63. The number of phenols is 1. The Labute approximate surface area is 157 Å². The molecule has 0 aliphatic carbocycles. The number of aliphatic carboxylic acids is 1. The van der Waals surface area contributed by atoms with E-state index < -0.39 is 42.5 Å². The maximum absolute atomic E-state index is 12.6. The number of phenolic OH excluding ortho intramolecular Hbond substituents is 1. The molecule has 27 heavy (non-hydrogen) atoms. The van der Waals surface area contributed by atoms with Gasteiger partial charge in [0, 0.05) is 6.42 Å². The van der Waals surface area contributed by atoms with Gasteiger partial charge in [0.2, 0.25) is 11.8 Å². The number of carbonyl (C=O) groups is 3. The van der Waals surface area contributed by atoms with Crippen molar-refractivity contribution in [2.75, 3.05) is 6.61 Å². The van der Waals surface area contributed by atoms with Crippen molar-refractivity contribution in [2.45, 2.75) is 44.8 Å². The third-order valence-electron chi connectivity index (χ3n) is 3.86. The minimum absolute atomic E-state index is 0.0137. The number of amides is 2. The van der Waals surface area contributed by atoms with Gasteiger partial charge in [-0.1, -0.05) is 26.0 Å². The summed E-state index contributed by atoms with van der Waals surface area (Å²) in [6.07, 6.45) is 0.293. The zero-order valence-corrected chi connectivity index (χ0v) is 15.4. The average molecular weight is 381 g/mol. The van der Waals surface area contributed by atoms with Crippen LogP contribution in [0.2, 0.25) is 0 Å². The maximum Gasteiger partial charge on any atom is 0.326 e. The molecule has 0 saturated heterocycles. The first-order valence-electron chi connectivity index (χ1n) is 8.62. The minimum atomic E-state index is -1.22. The van der Waals surface area contributed by atoms with E-state index in [0.29, 0.717) is 5.56 Å². The summed E-state index contributed by atoms with van der Waals surface area (Å²) >= 11 is 0. The van der Waals surface area contributed by atoms with Gasteiger partial charge in [-0.25, -0.2) is 4.79 Å². The number of carboxylic acid groups (broad SMARTS) is 1. The Balaban J connectivity index is 2.85. The van der Waals surface area contributed by atoms with Gasteiger partial charge in [0.05, 0.1) is 6.61 Å². The number of carbonyl (C=O) groups excluding carboxylic acids is 2. The van der Waals surface area contributed by atoms with E-state index in [0.717, 1.165) is 0 Å². The Morgan fingerprint density at radius 1 is 1.04 bits per heavy atom. The van der Waals surface area contributed by atoms with E-state index in [-0.39, 0.29) is 24.5 Å². The van der Waals surface area contributed by atoms with E-state index >= 15 is 0 Å². The molecule has 0 aliphatic rings. The number of carboxylic acids is 1.